The van der Waals surface area contributed by atoms with Crippen LogP contribution in [0, 0.1) is 5.92 Å². The van der Waals surface area contributed by atoms with Crippen LogP contribution in [0.15, 0.2) is 23.2 Å². The van der Waals surface area contributed by atoms with Gasteiger partial charge in [-0.3, -0.25) is 4.90 Å². The summed E-state index contributed by atoms with van der Waals surface area (Å²) in [5, 5.41) is 8.23. The second kappa shape index (κ2) is 6.61. The van der Waals surface area contributed by atoms with Gasteiger partial charge >= 0.3 is 0 Å². The van der Waals surface area contributed by atoms with Crippen molar-refractivity contribution >= 4 is 15.8 Å². The number of nitrogens with two attached hydrogens (primary N) is 1. The van der Waals surface area contributed by atoms with Crippen LogP contribution in [0.4, 0.5) is 5.82 Å². The molecule has 0 radical (unpaired) electrons. The Morgan fingerprint density at radius 2 is 2.04 bits per heavy atom. The lowest BCUT2D eigenvalue weighted by molar-refractivity contribution is 0.0670. The lowest BCUT2D eigenvalue weighted by atomic mass is 9.92. The van der Waals surface area contributed by atoms with Crippen molar-refractivity contribution in [2.24, 2.45) is 11.1 Å². The van der Waals surface area contributed by atoms with E-state index in [0.29, 0.717) is 11.7 Å². The van der Waals surface area contributed by atoms with Crippen LogP contribution >= 0.6 is 0 Å². The van der Waals surface area contributed by atoms with Crippen molar-refractivity contribution in [2.75, 3.05) is 18.4 Å². The average Bonchev–Trinajstić information content (AvgIpc) is 2.73. The topological polar surface area (TPSA) is 88.3 Å². The molecule has 3 N–H and O–H groups in total. The molecule has 1 aromatic rings. The zero-order chi connectivity index (χ0) is 18.2. The van der Waals surface area contributed by atoms with Gasteiger partial charge in [0.25, 0.3) is 10.0 Å². The van der Waals surface area contributed by atoms with Gasteiger partial charge in [-0.2, -0.15) is 0 Å². The Kier molecular flexibility index (Phi) is 5.28. The summed E-state index contributed by atoms with van der Waals surface area (Å²) >= 11 is 0. The maximum Gasteiger partial charge on any atom is 0.255 e. The summed E-state index contributed by atoms with van der Waals surface area (Å²) < 4.78 is 22.7. The second-order valence-electron chi connectivity index (χ2n) is 8.29. The van der Waals surface area contributed by atoms with E-state index in [-0.39, 0.29) is 16.1 Å². The van der Waals surface area contributed by atoms with Gasteiger partial charge in [-0.1, -0.05) is 6.07 Å². The number of hydrogen-bond donors (Lipinski definition) is 2. The first kappa shape index (κ1) is 19.1. The van der Waals surface area contributed by atoms with Gasteiger partial charge in [-0.25, -0.2) is 18.5 Å². The molecular weight excluding hydrogens is 324 g/mol. The van der Waals surface area contributed by atoms with Gasteiger partial charge in [0.2, 0.25) is 0 Å². The van der Waals surface area contributed by atoms with Crippen molar-refractivity contribution in [2.45, 2.75) is 63.6 Å². The Morgan fingerprint density at radius 3 is 2.58 bits per heavy atom. The number of anilines is 1. The minimum absolute atomic E-state index is 0.103. The molecular formula is C17H30N4O2S. The highest BCUT2D eigenvalue weighted by Crippen LogP contribution is 2.39. The number of nitrogens with one attached hydrogen (secondary N) is 1. The Hall–Kier alpha value is -1.18. The van der Waals surface area contributed by atoms with E-state index in [2.05, 4.69) is 49.8 Å². The monoisotopic (exact) mass is 354 g/mol. The van der Waals surface area contributed by atoms with Crippen LogP contribution in [0.2, 0.25) is 0 Å². The number of pyridine rings is 1. The first-order valence-corrected chi connectivity index (χ1v) is 9.96. The summed E-state index contributed by atoms with van der Waals surface area (Å²) in [6.07, 6.45) is 2.19. The van der Waals surface area contributed by atoms with Gasteiger partial charge in [-0.05, 0) is 65.5 Å². The highest BCUT2D eigenvalue weighted by Gasteiger charge is 2.42. The fraction of sp³-hybridized carbons (Fsp3) is 0.706. The molecule has 0 amide bonds. The predicted molar refractivity (Wildman–Crippen MR) is 97.4 cm³/mol. The molecule has 24 heavy (non-hydrogen) atoms. The van der Waals surface area contributed by atoms with Crippen LogP contribution in [-0.4, -0.2) is 42.5 Å². The number of sulfonamides is 1. The van der Waals surface area contributed by atoms with E-state index in [4.69, 9.17) is 5.14 Å². The molecule has 1 unspecified atom stereocenters. The molecule has 1 atom stereocenters. The predicted octanol–water partition coefficient (Wildman–Crippen LogP) is 2.43. The SMILES string of the molecule is CC(C)(C)N1CC(CCNc2cccc(S(N)(=O)=O)n2)CC1(C)C. The summed E-state index contributed by atoms with van der Waals surface area (Å²) in [5.41, 5.74) is 0.367. The van der Waals surface area contributed by atoms with Crippen molar-refractivity contribution in [1.29, 1.82) is 0 Å². The van der Waals surface area contributed by atoms with Gasteiger partial charge < -0.3 is 5.32 Å². The maximum atomic E-state index is 11.4. The summed E-state index contributed by atoms with van der Waals surface area (Å²) in [6, 6.07) is 4.81. The van der Waals surface area contributed by atoms with Gasteiger partial charge in [0.1, 0.15) is 5.82 Å². The molecule has 0 spiro atoms. The Bertz CT molecular complexity index is 680. The van der Waals surface area contributed by atoms with E-state index >= 15 is 0 Å². The van der Waals surface area contributed by atoms with Gasteiger partial charge in [0, 0.05) is 24.2 Å². The normalized spacial score (nSPS) is 21.8. The molecule has 0 aromatic carbocycles. The molecule has 1 aromatic heterocycles. The highest BCUT2D eigenvalue weighted by molar-refractivity contribution is 7.89. The van der Waals surface area contributed by atoms with E-state index in [1.54, 1.807) is 12.1 Å². The molecule has 1 saturated heterocycles. The first-order chi connectivity index (χ1) is 10.9. The minimum atomic E-state index is -3.76. The largest absolute Gasteiger partial charge is 0.370 e. The molecule has 2 heterocycles. The number of aromatic nitrogens is 1. The third-order valence-electron chi connectivity index (χ3n) is 4.64. The van der Waals surface area contributed by atoms with Crippen molar-refractivity contribution in [3.8, 4) is 0 Å². The second-order valence-corrected chi connectivity index (χ2v) is 9.79. The fourth-order valence-corrected chi connectivity index (χ4v) is 4.33. The molecule has 7 heteroatoms. The van der Waals surface area contributed by atoms with Crippen LogP contribution in [0.25, 0.3) is 0 Å². The molecule has 2 rings (SSSR count). The quantitative estimate of drug-likeness (QED) is 0.848. The minimum Gasteiger partial charge on any atom is -0.370 e. The van der Waals surface area contributed by atoms with E-state index in [1.165, 1.54) is 6.07 Å². The standard InChI is InChI=1S/C17H30N4O2S/c1-16(2,3)21-12-13(11-17(21,4)5)9-10-19-14-7-6-8-15(20-14)24(18,22)23/h6-8,13H,9-12H2,1-5H3,(H,19,20)(H2,18,22,23). The molecule has 0 bridgehead atoms. The molecule has 1 aliphatic rings. The number of rotatable bonds is 5. The number of likely N-dealkylation sites (tertiary alicyclic amines) is 1. The number of nitrogens with zero attached hydrogens (tertiary/aromatic N) is 2. The third-order valence-corrected chi connectivity index (χ3v) is 5.45. The van der Waals surface area contributed by atoms with E-state index in [0.717, 1.165) is 25.9 Å². The van der Waals surface area contributed by atoms with E-state index < -0.39 is 10.0 Å². The van der Waals surface area contributed by atoms with E-state index in [1.807, 2.05) is 0 Å². The van der Waals surface area contributed by atoms with Crippen LogP contribution in [0.3, 0.4) is 0 Å². The Labute approximate surface area is 145 Å². The zero-order valence-electron chi connectivity index (χ0n) is 15.3. The Morgan fingerprint density at radius 1 is 1.38 bits per heavy atom. The van der Waals surface area contributed by atoms with Crippen LogP contribution in [0.5, 0.6) is 0 Å². The lowest BCUT2D eigenvalue weighted by Crippen LogP contribution is -2.50. The summed E-state index contributed by atoms with van der Waals surface area (Å²) in [7, 11) is -3.76. The van der Waals surface area contributed by atoms with Crippen LogP contribution in [-0.2, 0) is 10.0 Å². The van der Waals surface area contributed by atoms with E-state index in [9.17, 15) is 8.42 Å². The molecule has 136 valence electrons. The first-order valence-electron chi connectivity index (χ1n) is 8.41. The van der Waals surface area contributed by atoms with Crippen molar-refractivity contribution in [3.05, 3.63) is 18.2 Å². The molecule has 1 aliphatic heterocycles. The van der Waals surface area contributed by atoms with Crippen molar-refractivity contribution in [1.82, 2.24) is 9.88 Å². The summed E-state index contributed by atoms with van der Waals surface area (Å²) in [4.78, 5) is 6.63. The lowest BCUT2D eigenvalue weighted by Gasteiger charge is -2.42. The highest BCUT2D eigenvalue weighted by atomic mass is 32.2. The molecule has 0 aliphatic carbocycles. The molecule has 0 saturated carbocycles. The smallest absolute Gasteiger partial charge is 0.255 e. The molecule has 1 fully saturated rings. The maximum absolute atomic E-state index is 11.4. The average molecular weight is 355 g/mol. The molecule has 6 nitrogen and oxygen atoms in total. The van der Waals surface area contributed by atoms with Gasteiger partial charge in [0.15, 0.2) is 5.03 Å². The zero-order valence-corrected chi connectivity index (χ0v) is 16.2. The van der Waals surface area contributed by atoms with Crippen LogP contribution < -0.4 is 10.5 Å². The Balaban J connectivity index is 1.92. The van der Waals surface area contributed by atoms with Gasteiger partial charge in [-0.15, -0.1) is 0 Å². The number of hydrogen-bond acceptors (Lipinski definition) is 5. The summed E-state index contributed by atoms with van der Waals surface area (Å²) in [6.45, 7) is 13.3. The number of primary sulfonamides is 1. The van der Waals surface area contributed by atoms with Crippen molar-refractivity contribution in [3.63, 3.8) is 0 Å². The third kappa shape index (κ3) is 4.68. The van der Waals surface area contributed by atoms with Crippen molar-refractivity contribution < 1.29 is 8.42 Å². The summed E-state index contributed by atoms with van der Waals surface area (Å²) in [5.74, 6) is 1.17. The van der Waals surface area contributed by atoms with Crippen LogP contribution in [0.1, 0.15) is 47.5 Å². The fourth-order valence-electron chi connectivity index (χ4n) is 3.84. The van der Waals surface area contributed by atoms with Gasteiger partial charge in [0.05, 0.1) is 0 Å².